The topological polar surface area (TPSA) is 57.0 Å². The number of carbonyl (C=O) groups excluding carboxylic acids is 1. The van der Waals surface area contributed by atoms with Crippen molar-refractivity contribution in [2.75, 3.05) is 6.61 Å². The van der Waals surface area contributed by atoms with Crippen LogP contribution in [0.1, 0.15) is 12.0 Å². The van der Waals surface area contributed by atoms with Crippen LogP contribution in [0.25, 0.3) is 17.1 Å². The molecule has 0 spiro atoms. The van der Waals surface area contributed by atoms with Crippen molar-refractivity contribution >= 4 is 40.9 Å². The summed E-state index contributed by atoms with van der Waals surface area (Å²) >= 11 is 13.7. The lowest BCUT2D eigenvalue weighted by molar-refractivity contribution is -0.137. The zero-order chi connectivity index (χ0) is 19.0. The van der Waals surface area contributed by atoms with Crippen LogP contribution in [0.3, 0.4) is 0 Å². The normalized spacial score (nSPS) is 16.6. The van der Waals surface area contributed by atoms with Crippen molar-refractivity contribution in [2.24, 2.45) is 0 Å². The van der Waals surface area contributed by atoms with Gasteiger partial charge in [0, 0.05) is 22.0 Å². The minimum Gasteiger partial charge on any atom is -0.465 e. The number of aromatic nitrogens is 3. The minimum absolute atomic E-state index is 0.218. The molecular formula is C19H15Cl2N3O2S. The molecule has 0 bridgehead atoms. The van der Waals surface area contributed by atoms with Crippen LogP contribution in [0, 0.1) is 6.92 Å². The van der Waals surface area contributed by atoms with Crippen LogP contribution in [-0.2, 0) is 9.53 Å². The summed E-state index contributed by atoms with van der Waals surface area (Å²) in [7, 11) is 0. The Hall–Kier alpha value is -2.02. The highest BCUT2D eigenvalue weighted by molar-refractivity contribution is 8.00. The lowest BCUT2D eigenvalue weighted by Crippen LogP contribution is -2.11. The maximum Gasteiger partial charge on any atom is 0.319 e. The first-order valence-electron chi connectivity index (χ1n) is 8.34. The van der Waals surface area contributed by atoms with Crippen molar-refractivity contribution in [3.63, 3.8) is 0 Å². The number of benzene rings is 2. The molecule has 27 heavy (non-hydrogen) atoms. The van der Waals surface area contributed by atoms with Crippen LogP contribution >= 0.6 is 35.0 Å². The van der Waals surface area contributed by atoms with Crippen LogP contribution in [0.4, 0.5) is 0 Å². The Morgan fingerprint density at radius 2 is 1.93 bits per heavy atom. The van der Waals surface area contributed by atoms with Crippen molar-refractivity contribution in [3.05, 3.63) is 58.1 Å². The lowest BCUT2D eigenvalue weighted by atomic mass is 10.2. The summed E-state index contributed by atoms with van der Waals surface area (Å²) in [5, 5.41) is 10.3. The van der Waals surface area contributed by atoms with E-state index in [1.165, 1.54) is 11.8 Å². The molecule has 1 unspecified atom stereocenters. The first-order chi connectivity index (χ1) is 13.0. The van der Waals surface area contributed by atoms with E-state index in [2.05, 4.69) is 10.2 Å². The molecule has 8 heteroatoms. The molecule has 1 aliphatic heterocycles. The number of esters is 1. The van der Waals surface area contributed by atoms with E-state index >= 15 is 0 Å². The van der Waals surface area contributed by atoms with E-state index in [9.17, 15) is 4.79 Å². The molecule has 0 saturated carbocycles. The van der Waals surface area contributed by atoms with Crippen LogP contribution in [-0.4, -0.2) is 32.6 Å². The van der Waals surface area contributed by atoms with Crippen molar-refractivity contribution < 1.29 is 9.53 Å². The van der Waals surface area contributed by atoms with Gasteiger partial charge in [0.25, 0.3) is 0 Å². The molecule has 1 aliphatic rings. The molecule has 4 rings (SSSR count). The molecular weight excluding hydrogens is 405 g/mol. The van der Waals surface area contributed by atoms with E-state index in [1.54, 1.807) is 12.1 Å². The summed E-state index contributed by atoms with van der Waals surface area (Å²) in [6, 6.07) is 13.2. The van der Waals surface area contributed by atoms with Gasteiger partial charge in [0.05, 0.1) is 12.3 Å². The van der Waals surface area contributed by atoms with Gasteiger partial charge in [0.15, 0.2) is 11.0 Å². The van der Waals surface area contributed by atoms with Gasteiger partial charge in [-0.1, -0.05) is 41.0 Å². The van der Waals surface area contributed by atoms with Gasteiger partial charge in [-0.3, -0.25) is 9.36 Å². The van der Waals surface area contributed by atoms with E-state index in [1.807, 2.05) is 41.8 Å². The number of carbonyl (C=O) groups is 1. The molecule has 0 aliphatic carbocycles. The number of halogens is 2. The van der Waals surface area contributed by atoms with E-state index in [-0.39, 0.29) is 11.2 Å². The van der Waals surface area contributed by atoms with E-state index in [0.29, 0.717) is 34.1 Å². The summed E-state index contributed by atoms with van der Waals surface area (Å²) < 4.78 is 6.98. The lowest BCUT2D eigenvalue weighted by Gasteiger charge is -2.12. The molecule has 0 amide bonds. The van der Waals surface area contributed by atoms with Gasteiger partial charge in [-0.15, -0.1) is 10.2 Å². The Labute approximate surface area is 170 Å². The Bertz CT molecular complexity index is 1000. The van der Waals surface area contributed by atoms with Crippen molar-refractivity contribution in [1.82, 2.24) is 14.8 Å². The second kappa shape index (κ2) is 7.54. The Balaban J connectivity index is 1.82. The highest BCUT2D eigenvalue weighted by Gasteiger charge is 2.30. The number of aryl methyl sites for hydroxylation is 1. The molecule has 0 N–H and O–H groups in total. The molecule has 2 aromatic carbocycles. The predicted octanol–water partition coefficient (Wildman–Crippen LogP) is 4.96. The standard InChI is InChI=1S/C19H15Cl2N3O2S/c1-11-2-7-14(10-15(11)21)24-17(12-3-5-13(20)6-4-12)22-23-19(24)27-16-8-9-26-18(16)25/h2-7,10,16H,8-9H2,1H3. The SMILES string of the molecule is Cc1ccc(-n2c(SC3CCOC3=O)nnc2-c2ccc(Cl)cc2)cc1Cl. The average molecular weight is 420 g/mol. The smallest absolute Gasteiger partial charge is 0.319 e. The quantitative estimate of drug-likeness (QED) is 0.559. The third kappa shape index (κ3) is 3.70. The summed E-state index contributed by atoms with van der Waals surface area (Å²) in [6.07, 6.45) is 0.654. The molecule has 1 saturated heterocycles. The van der Waals surface area contributed by atoms with Gasteiger partial charge >= 0.3 is 5.97 Å². The first kappa shape index (κ1) is 18.3. The Kier molecular flexibility index (Phi) is 5.12. The maximum atomic E-state index is 11.9. The number of hydrogen-bond acceptors (Lipinski definition) is 5. The summed E-state index contributed by atoms with van der Waals surface area (Å²) in [4.78, 5) is 11.9. The summed E-state index contributed by atoms with van der Waals surface area (Å²) in [6.45, 7) is 2.38. The van der Waals surface area contributed by atoms with Gasteiger partial charge in [0.1, 0.15) is 5.25 Å². The molecule has 5 nitrogen and oxygen atoms in total. The van der Waals surface area contributed by atoms with E-state index in [0.717, 1.165) is 16.8 Å². The molecule has 1 fully saturated rings. The predicted molar refractivity (Wildman–Crippen MR) is 107 cm³/mol. The fourth-order valence-electron chi connectivity index (χ4n) is 2.80. The highest BCUT2D eigenvalue weighted by Crippen LogP contribution is 2.34. The number of thioether (sulfide) groups is 1. The number of ether oxygens (including phenoxy) is 1. The van der Waals surface area contributed by atoms with Crippen LogP contribution in [0.2, 0.25) is 10.0 Å². The van der Waals surface area contributed by atoms with Crippen LogP contribution < -0.4 is 0 Å². The molecule has 1 aromatic heterocycles. The van der Waals surface area contributed by atoms with Crippen molar-refractivity contribution in [2.45, 2.75) is 23.8 Å². The van der Waals surface area contributed by atoms with E-state index in [4.69, 9.17) is 27.9 Å². The third-order valence-corrected chi connectivity index (χ3v) is 6.13. The Morgan fingerprint density at radius 1 is 1.15 bits per heavy atom. The first-order valence-corrected chi connectivity index (χ1v) is 9.97. The average Bonchev–Trinajstić information content (AvgIpc) is 3.25. The molecule has 2 heterocycles. The van der Waals surface area contributed by atoms with Gasteiger partial charge < -0.3 is 4.74 Å². The largest absolute Gasteiger partial charge is 0.465 e. The monoisotopic (exact) mass is 419 g/mol. The fourth-order valence-corrected chi connectivity index (χ4v) is 4.12. The molecule has 1 atom stereocenters. The van der Waals surface area contributed by atoms with Crippen molar-refractivity contribution in [3.8, 4) is 17.1 Å². The van der Waals surface area contributed by atoms with Crippen LogP contribution in [0.5, 0.6) is 0 Å². The third-order valence-electron chi connectivity index (χ3n) is 4.28. The fraction of sp³-hybridized carbons (Fsp3) is 0.211. The van der Waals surface area contributed by atoms with Crippen molar-refractivity contribution in [1.29, 1.82) is 0 Å². The molecule has 0 radical (unpaired) electrons. The maximum absolute atomic E-state index is 11.9. The number of cyclic esters (lactones) is 1. The second-order valence-corrected chi connectivity index (χ2v) is 8.16. The zero-order valence-electron chi connectivity index (χ0n) is 14.4. The van der Waals surface area contributed by atoms with Gasteiger partial charge in [-0.05, 0) is 48.9 Å². The van der Waals surface area contributed by atoms with Gasteiger partial charge in [0.2, 0.25) is 0 Å². The van der Waals surface area contributed by atoms with E-state index < -0.39 is 0 Å². The summed E-state index contributed by atoms with van der Waals surface area (Å²) in [5.41, 5.74) is 2.67. The Morgan fingerprint density at radius 3 is 2.59 bits per heavy atom. The number of hydrogen-bond donors (Lipinski definition) is 0. The number of nitrogens with zero attached hydrogens (tertiary/aromatic N) is 3. The van der Waals surface area contributed by atoms with Crippen LogP contribution in [0.15, 0.2) is 47.6 Å². The minimum atomic E-state index is -0.285. The number of rotatable bonds is 4. The van der Waals surface area contributed by atoms with Gasteiger partial charge in [-0.2, -0.15) is 0 Å². The molecule has 138 valence electrons. The van der Waals surface area contributed by atoms with Gasteiger partial charge in [-0.25, -0.2) is 0 Å². The highest BCUT2D eigenvalue weighted by atomic mass is 35.5. The second-order valence-electron chi connectivity index (χ2n) is 6.14. The summed E-state index contributed by atoms with van der Waals surface area (Å²) in [5.74, 6) is 0.435. The zero-order valence-corrected chi connectivity index (χ0v) is 16.7. The molecule has 3 aromatic rings.